The summed E-state index contributed by atoms with van der Waals surface area (Å²) >= 11 is 0. The zero-order chi connectivity index (χ0) is 12.8. The molecule has 92 valence electrons. The molecule has 0 saturated heterocycles. The molecule has 0 radical (unpaired) electrons. The quantitative estimate of drug-likeness (QED) is 0.632. The highest BCUT2D eigenvalue weighted by atomic mass is 16.3. The maximum atomic E-state index is 9.15. The van der Waals surface area contributed by atoms with Gasteiger partial charge in [0.1, 0.15) is 11.5 Å². The highest BCUT2D eigenvalue weighted by molar-refractivity contribution is 5.80. The van der Waals surface area contributed by atoms with E-state index in [2.05, 4.69) is 10.2 Å². The van der Waals surface area contributed by atoms with Gasteiger partial charge >= 0.3 is 0 Å². The van der Waals surface area contributed by atoms with Crippen molar-refractivity contribution in [2.75, 3.05) is 0 Å². The van der Waals surface area contributed by atoms with Crippen molar-refractivity contribution in [2.45, 2.75) is 6.42 Å². The number of hydrogen-bond acceptors (Lipinski definition) is 4. The monoisotopic (exact) mass is 242 g/mol. The molecule has 1 aliphatic carbocycles. The summed E-state index contributed by atoms with van der Waals surface area (Å²) in [5, 5.41) is 26.1. The maximum absolute atomic E-state index is 9.15. The average molecular weight is 242 g/mol. The molecule has 1 atom stereocenters. The summed E-state index contributed by atoms with van der Waals surface area (Å²) in [6.45, 7) is 0. The van der Waals surface area contributed by atoms with Crippen LogP contribution >= 0.6 is 0 Å². The number of aliphatic hydroxyl groups excluding tert-OH is 1. The number of hydrogen-bond donors (Lipinski definition) is 2. The average Bonchev–Trinajstić information content (AvgIpc) is 2.39. The molecular weight excluding hydrogens is 228 g/mol. The first-order valence-corrected chi connectivity index (χ1v) is 5.67. The third-order valence-corrected chi connectivity index (χ3v) is 2.54. The van der Waals surface area contributed by atoms with Gasteiger partial charge in [-0.1, -0.05) is 6.08 Å². The van der Waals surface area contributed by atoms with Gasteiger partial charge in [0.2, 0.25) is 0 Å². The van der Waals surface area contributed by atoms with Gasteiger partial charge in [0.15, 0.2) is 0 Å². The Balaban J connectivity index is 1.88. The van der Waals surface area contributed by atoms with Crippen LogP contribution in [0.15, 0.2) is 58.5 Å². The number of phenolic OH excluding ortho intramolecular Hbond substituents is 1. The molecule has 2 N–H and O–H groups in total. The van der Waals surface area contributed by atoms with Gasteiger partial charge < -0.3 is 10.2 Å². The predicted octanol–water partition coefficient (Wildman–Crippen LogP) is 2.81. The summed E-state index contributed by atoms with van der Waals surface area (Å²) in [4.78, 5) is 0. The molecule has 1 aromatic carbocycles. The van der Waals surface area contributed by atoms with Crippen LogP contribution in [0, 0.1) is 5.92 Å². The minimum atomic E-state index is 0.179. The molecule has 18 heavy (non-hydrogen) atoms. The van der Waals surface area contributed by atoms with E-state index in [0.29, 0.717) is 5.76 Å². The molecule has 0 aliphatic heterocycles. The zero-order valence-corrected chi connectivity index (χ0v) is 9.77. The van der Waals surface area contributed by atoms with Crippen molar-refractivity contribution in [1.29, 1.82) is 0 Å². The molecule has 0 bridgehead atoms. The molecule has 0 spiro atoms. The van der Waals surface area contributed by atoms with Crippen LogP contribution in [0.3, 0.4) is 0 Å². The summed E-state index contributed by atoms with van der Waals surface area (Å²) in [5.41, 5.74) is 0.877. The fraction of sp³-hybridized carbons (Fsp3) is 0.143. The Labute approximate surface area is 105 Å². The normalized spacial score (nSPS) is 19.6. The molecule has 0 saturated carbocycles. The van der Waals surface area contributed by atoms with Crippen LogP contribution in [-0.4, -0.2) is 22.6 Å². The van der Waals surface area contributed by atoms with Gasteiger partial charge in [0.05, 0.1) is 6.21 Å². The standard InChI is InChI=1S/C14H14N2O2/c17-13-5-1-11(2-6-13)9-15-16-10-12-3-7-14(18)8-4-12/h1-3,5-10,12,17-18H,4H2/b15-9+,16-10+. The summed E-state index contributed by atoms with van der Waals surface area (Å²) in [6.07, 6.45) is 9.38. The van der Waals surface area contributed by atoms with E-state index in [4.69, 9.17) is 10.2 Å². The lowest BCUT2D eigenvalue weighted by atomic mass is 10.0. The van der Waals surface area contributed by atoms with Crippen molar-refractivity contribution in [3.05, 3.63) is 53.8 Å². The summed E-state index contributed by atoms with van der Waals surface area (Å²) in [5.74, 6) is 0.708. The van der Waals surface area contributed by atoms with Crippen LogP contribution < -0.4 is 0 Å². The number of allylic oxidation sites excluding steroid dienone is 3. The molecule has 0 fully saturated rings. The first-order valence-electron chi connectivity index (χ1n) is 5.67. The second-order valence-corrected chi connectivity index (χ2v) is 3.99. The molecule has 4 heteroatoms. The van der Waals surface area contributed by atoms with Crippen molar-refractivity contribution in [3.63, 3.8) is 0 Å². The Morgan fingerprint density at radius 3 is 2.56 bits per heavy atom. The number of phenols is 1. The third-order valence-electron chi connectivity index (χ3n) is 2.54. The number of aromatic hydroxyl groups is 1. The third kappa shape index (κ3) is 3.59. The van der Waals surface area contributed by atoms with Crippen molar-refractivity contribution >= 4 is 12.4 Å². The van der Waals surface area contributed by atoms with E-state index in [1.165, 1.54) is 0 Å². The molecule has 2 rings (SSSR count). The Morgan fingerprint density at radius 1 is 1.11 bits per heavy atom. The lowest BCUT2D eigenvalue weighted by molar-refractivity contribution is 0.425. The lowest BCUT2D eigenvalue weighted by Gasteiger charge is -2.06. The molecule has 0 aromatic heterocycles. The lowest BCUT2D eigenvalue weighted by Crippen LogP contribution is -2.00. The second kappa shape index (κ2) is 5.82. The maximum Gasteiger partial charge on any atom is 0.115 e. The first kappa shape index (κ1) is 12.1. The smallest absolute Gasteiger partial charge is 0.115 e. The van der Waals surface area contributed by atoms with Crippen molar-refractivity contribution in [1.82, 2.24) is 0 Å². The fourth-order valence-electron chi connectivity index (χ4n) is 1.52. The minimum Gasteiger partial charge on any atom is -0.508 e. The van der Waals surface area contributed by atoms with Crippen LogP contribution in [0.5, 0.6) is 5.75 Å². The molecule has 0 amide bonds. The van der Waals surface area contributed by atoms with E-state index in [1.807, 2.05) is 6.08 Å². The Bertz CT molecular complexity index is 513. The SMILES string of the molecule is OC1=CCC(/C=N/N=C/c2ccc(O)cc2)C=C1. The summed E-state index contributed by atoms with van der Waals surface area (Å²) in [6, 6.07) is 6.72. The molecule has 1 aromatic rings. The number of nitrogens with zero attached hydrogens (tertiary/aromatic N) is 2. The van der Waals surface area contributed by atoms with Gasteiger partial charge in [0, 0.05) is 12.1 Å². The van der Waals surface area contributed by atoms with Crippen molar-refractivity contribution in [3.8, 4) is 5.75 Å². The Hall–Kier alpha value is -2.36. The van der Waals surface area contributed by atoms with Gasteiger partial charge in [-0.15, -0.1) is 0 Å². The molecule has 4 nitrogen and oxygen atoms in total. The van der Waals surface area contributed by atoms with Gasteiger partial charge in [-0.05, 0) is 48.4 Å². The van der Waals surface area contributed by atoms with Gasteiger partial charge in [-0.2, -0.15) is 10.2 Å². The van der Waals surface area contributed by atoms with Crippen molar-refractivity contribution < 1.29 is 10.2 Å². The fourth-order valence-corrected chi connectivity index (χ4v) is 1.52. The van der Waals surface area contributed by atoms with E-state index in [9.17, 15) is 0 Å². The molecular formula is C14H14N2O2. The van der Waals surface area contributed by atoms with Gasteiger partial charge in [0.25, 0.3) is 0 Å². The highest BCUT2D eigenvalue weighted by Crippen LogP contribution is 2.12. The Kier molecular flexibility index (Phi) is 3.91. The van der Waals surface area contributed by atoms with Crippen LogP contribution in [0.4, 0.5) is 0 Å². The van der Waals surface area contributed by atoms with Crippen LogP contribution in [0.1, 0.15) is 12.0 Å². The summed E-state index contributed by atoms with van der Waals surface area (Å²) in [7, 11) is 0. The van der Waals surface area contributed by atoms with Gasteiger partial charge in [-0.25, -0.2) is 0 Å². The molecule has 0 heterocycles. The van der Waals surface area contributed by atoms with E-state index in [1.54, 1.807) is 48.8 Å². The largest absolute Gasteiger partial charge is 0.508 e. The van der Waals surface area contributed by atoms with Crippen LogP contribution in [-0.2, 0) is 0 Å². The highest BCUT2D eigenvalue weighted by Gasteiger charge is 2.04. The predicted molar refractivity (Wildman–Crippen MR) is 72.2 cm³/mol. The number of benzene rings is 1. The molecule has 1 aliphatic rings. The first-order chi connectivity index (χ1) is 8.74. The number of aliphatic hydroxyl groups is 1. The van der Waals surface area contributed by atoms with Gasteiger partial charge in [-0.3, -0.25) is 0 Å². The minimum absolute atomic E-state index is 0.179. The van der Waals surface area contributed by atoms with E-state index in [0.717, 1.165) is 12.0 Å². The molecule has 1 unspecified atom stereocenters. The zero-order valence-electron chi connectivity index (χ0n) is 9.77. The second-order valence-electron chi connectivity index (χ2n) is 3.99. The van der Waals surface area contributed by atoms with E-state index < -0.39 is 0 Å². The van der Waals surface area contributed by atoms with Crippen LogP contribution in [0.2, 0.25) is 0 Å². The van der Waals surface area contributed by atoms with Crippen molar-refractivity contribution in [2.24, 2.45) is 16.1 Å². The topological polar surface area (TPSA) is 65.2 Å². The summed E-state index contributed by atoms with van der Waals surface area (Å²) < 4.78 is 0. The van der Waals surface area contributed by atoms with E-state index >= 15 is 0 Å². The Morgan fingerprint density at radius 2 is 1.89 bits per heavy atom. The van der Waals surface area contributed by atoms with E-state index in [-0.39, 0.29) is 11.7 Å². The number of rotatable bonds is 3. The van der Waals surface area contributed by atoms with Crippen LogP contribution in [0.25, 0.3) is 0 Å².